The topological polar surface area (TPSA) is 54.6 Å². The quantitative estimate of drug-likeness (QED) is 0.623. The van der Waals surface area contributed by atoms with E-state index in [1.165, 1.54) is 6.21 Å². The van der Waals surface area contributed by atoms with Crippen molar-refractivity contribution in [3.63, 3.8) is 0 Å². The number of hydrazone groups is 1. The van der Waals surface area contributed by atoms with Crippen molar-refractivity contribution >= 4 is 28.1 Å². The molecular weight excluding hydrogens is 332 g/mol. The van der Waals surface area contributed by atoms with Gasteiger partial charge in [-0.15, -0.1) is 0 Å². The Balaban J connectivity index is 1.94. The lowest BCUT2D eigenvalue weighted by molar-refractivity contribution is -0.121. The predicted octanol–water partition coefficient (Wildman–Crippen LogP) is 4.35. The monoisotopic (exact) mass is 348 g/mol. The number of halogens is 1. The molecule has 21 heavy (non-hydrogen) atoms. The van der Waals surface area contributed by atoms with Gasteiger partial charge in [-0.05, 0) is 30.7 Å². The molecule has 1 amide bonds. The maximum Gasteiger partial charge on any atom is 0.240 e. The molecule has 0 saturated carbocycles. The highest BCUT2D eigenvalue weighted by molar-refractivity contribution is 9.10. The summed E-state index contributed by atoms with van der Waals surface area (Å²) in [5, 5.41) is 3.89. The molecule has 1 N–H and O–H groups in total. The Morgan fingerprint density at radius 2 is 2.05 bits per heavy atom. The van der Waals surface area contributed by atoms with Gasteiger partial charge >= 0.3 is 0 Å². The lowest BCUT2D eigenvalue weighted by Gasteiger charge is -1.97. The highest BCUT2D eigenvalue weighted by Crippen LogP contribution is 2.23. The molecule has 2 rings (SSSR count). The Bertz CT molecular complexity index is 617. The summed E-state index contributed by atoms with van der Waals surface area (Å²) in [6.07, 6.45) is 3.87. The SMILES string of the molecule is CCCCC(=O)N/N=C/c1ccc(-c2ccc(Br)cc2)o1. The second kappa shape index (κ2) is 7.78. The van der Waals surface area contributed by atoms with E-state index in [1.807, 2.05) is 43.3 Å². The van der Waals surface area contributed by atoms with Crippen LogP contribution in [0.1, 0.15) is 31.9 Å². The molecule has 0 aliphatic carbocycles. The van der Waals surface area contributed by atoms with Gasteiger partial charge in [-0.1, -0.05) is 41.4 Å². The normalized spacial score (nSPS) is 11.0. The van der Waals surface area contributed by atoms with Crippen LogP contribution in [0.2, 0.25) is 0 Å². The Hall–Kier alpha value is -1.88. The van der Waals surface area contributed by atoms with Crippen LogP contribution < -0.4 is 5.43 Å². The van der Waals surface area contributed by atoms with Gasteiger partial charge < -0.3 is 4.42 Å². The van der Waals surface area contributed by atoms with Crippen molar-refractivity contribution in [2.75, 3.05) is 0 Å². The first kappa shape index (κ1) is 15.5. The molecule has 1 aromatic heterocycles. The largest absolute Gasteiger partial charge is 0.455 e. The number of hydrogen-bond donors (Lipinski definition) is 1. The maximum atomic E-state index is 11.4. The van der Waals surface area contributed by atoms with Crippen LogP contribution in [0, 0.1) is 0 Å². The average molecular weight is 349 g/mol. The Morgan fingerprint density at radius 3 is 2.76 bits per heavy atom. The Morgan fingerprint density at radius 1 is 1.29 bits per heavy atom. The van der Waals surface area contributed by atoms with Gasteiger partial charge in [0, 0.05) is 16.5 Å². The van der Waals surface area contributed by atoms with E-state index in [-0.39, 0.29) is 5.91 Å². The lowest BCUT2D eigenvalue weighted by Crippen LogP contribution is -2.16. The second-order valence-corrected chi connectivity index (χ2v) is 5.52. The summed E-state index contributed by atoms with van der Waals surface area (Å²) >= 11 is 3.40. The molecule has 0 fully saturated rings. The number of nitrogens with zero attached hydrogens (tertiary/aromatic N) is 1. The van der Waals surface area contributed by atoms with E-state index in [1.54, 1.807) is 0 Å². The van der Waals surface area contributed by atoms with E-state index < -0.39 is 0 Å². The molecule has 0 unspecified atom stereocenters. The van der Waals surface area contributed by atoms with Gasteiger partial charge in [-0.25, -0.2) is 5.43 Å². The first-order valence-electron chi connectivity index (χ1n) is 6.86. The van der Waals surface area contributed by atoms with Crippen LogP contribution in [-0.2, 0) is 4.79 Å². The van der Waals surface area contributed by atoms with Crippen molar-refractivity contribution in [3.05, 3.63) is 46.6 Å². The maximum absolute atomic E-state index is 11.4. The van der Waals surface area contributed by atoms with Crippen LogP contribution in [0.25, 0.3) is 11.3 Å². The minimum Gasteiger partial charge on any atom is -0.455 e. The summed E-state index contributed by atoms with van der Waals surface area (Å²) in [6, 6.07) is 11.6. The third kappa shape index (κ3) is 4.86. The van der Waals surface area contributed by atoms with E-state index in [2.05, 4.69) is 26.5 Å². The van der Waals surface area contributed by atoms with Crippen LogP contribution >= 0.6 is 15.9 Å². The molecule has 0 aliphatic rings. The number of benzene rings is 1. The molecule has 110 valence electrons. The zero-order chi connectivity index (χ0) is 15.1. The van der Waals surface area contributed by atoms with Crippen molar-refractivity contribution in [1.82, 2.24) is 5.43 Å². The molecule has 0 saturated heterocycles. The summed E-state index contributed by atoms with van der Waals surface area (Å²) in [4.78, 5) is 11.4. The predicted molar refractivity (Wildman–Crippen MR) is 87.1 cm³/mol. The highest BCUT2D eigenvalue weighted by Gasteiger charge is 2.03. The van der Waals surface area contributed by atoms with Crippen LogP contribution in [-0.4, -0.2) is 12.1 Å². The summed E-state index contributed by atoms with van der Waals surface area (Å²) < 4.78 is 6.68. The van der Waals surface area contributed by atoms with Crippen LogP contribution in [0.4, 0.5) is 0 Å². The number of nitrogens with one attached hydrogen (secondary N) is 1. The zero-order valence-electron chi connectivity index (χ0n) is 11.8. The zero-order valence-corrected chi connectivity index (χ0v) is 13.4. The van der Waals surface area contributed by atoms with E-state index in [9.17, 15) is 4.79 Å². The van der Waals surface area contributed by atoms with E-state index in [4.69, 9.17) is 4.42 Å². The van der Waals surface area contributed by atoms with Gasteiger partial charge in [-0.3, -0.25) is 4.79 Å². The van der Waals surface area contributed by atoms with E-state index in [0.717, 1.165) is 28.6 Å². The van der Waals surface area contributed by atoms with Crippen molar-refractivity contribution in [2.45, 2.75) is 26.2 Å². The van der Waals surface area contributed by atoms with Crippen LogP contribution in [0.15, 0.2) is 50.4 Å². The molecule has 1 aromatic carbocycles. The van der Waals surface area contributed by atoms with Crippen molar-refractivity contribution < 1.29 is 9.21 Å². The van der Waals surface area contributed by atoms with Gasteiger partial charge in [0.25, 0.3) is 0 Å². The fourth-order valence-electron chi connectivity index (χ4n) is 1.75. The first-order valence-corrected chi connectivity index (χ1v) is 7.66. The molecule has 0 bridgehead atoms. The number of rotatable bonds is 6. The van der Waals surface area contributed by atoms with Crippen LogP contribution in [0.5, 0.6) is 0 Å². The van der Waals surface area contributed by atoms with E-state index >= 15 is 0 Å². The molecule has 5 heteroatoms. The molecule has 0 atom stereocenters. The number of carbonyl (C=O) groups excluding carboxylic acids is 1. The van der Waals surface area contributed by atoms with Crippen molar-refractivity contribution in [3.8, 4) is 11.3 Å². The standard InChI is InChI=1S/C16H17BrN2O2/c1-2-3-4-16(20)19-18-11-14-9-10-15(21-14)12-5-7-13(17)8-6-12/h5-11H,2-4H2,1H3,(H,19,20)/b18-11+. The molecule has 2 aromatic rings. The number of amides is 1. The average Bonchev–Trinajstić information content (AvgIpc) is 2.95. The fourth-order valence-corrected chi connectivity index (χ4v) is 2.02. The summed E-state index contributed by atoms with van der Waals surface area (Å²) in [6.45, 7) is 2.04. The van der Waals surface area contributed by atoms with E-state index in [0.29, 0.717) is 12.2 Å². The fraction of sp³-hybridized carbons (Fsp3) is 0.250. The summed E-state index contributed by atoms with van der Waals surface area (Å²) in [5.41, 5.74) is 3.48. The van der Waals surface area contributed by atoms with Gasteiger partial charge in [-0.2, -0.15) is 5.10 Å². The number of hydrogen-bond acceptors (Lipinski definition) is 3. The molecule has 0 radical (unpaired) electrons. The lowest BCUT2D eigenvalue weighted by atomic mass is 10.2. The van der Waals surface area contributed by atoms with Crippen LogP contribution in [0.3, 0.4) is 0 Å². The molecule has 1 heterocycles. The Kier molecular flexibility index (Phi) is 5.75. The van der Waals surface area contributed by atoms with Crippen molar-refractivity contribution in [1.29, 1.82) is 0 Å². The molecule has 4 nitrogen and oxygen atoms in total. The highest BCUT2D eigenvalue weighted by atomic mass is 79.9. The number of carbonyl (C=O) groups is 1. The van der Waals surface area contributed by atoms with Gasteiger partial charge in [0.2, 0.25) is 5.91 Å². The molecule has 0 aliphatic heterocycles. The smallest absolute Gasteiger partial charge is 0.240 e. The van der Waals surface area contributed by atoms with Crippen molar-refractivity contribution in [2.24, 2.45) is 5.10 Å². The summed E-state index contributed by atoms with van der Waals surface area (Å²) in [7, 11) is 0. The number of unbranched alkanes of at least 4 members (excludes halogenated alkanes) is 1. The minimum atomic E-state index is -0.0761. The summed E-state index contributed by atoms with van der Waals surface area (Å²) in [5.74, 6) is 1.29. The third-order valence-corrected chi connectivity index (χ3v) is 3.42. The molecular formula is C16H17BrN2O2. The van der Waals surface area contributed by atoms with Gasteiger partial charge in [0.1, 0.15) is 11.5 Å². The Labute approximate surface area is 132 Å². The minimum absolute atomic E-state index is 0.0761. The third-order valence-electron chi connectivity index (χ3n) is 2.89. The number of furan rings is 1. The first-order chi connectivity index (χ1) is 10.2. The van der Waals surface area contributed by atoms with Gasteiger partial charge in [0.05, 0.1) is 6.21 Å². The molecule has 0 spiro atoms. The second-order valence-electron chi connectivity index (χ2n) is 4.61. The van der Waals surface area contributed by atoms with Gasteiger partial charge in [0.15, 0.2) is 0 Å².